The lowest BCUT2D eigenvalue weighted by Crippen LogP contribution is -2.51. The third-order valence-electron chi connectivity index (χ3n) is 7.29. The van der Waals surface area contributed by atoms with Crippen LogP contribution in [0.5, 0.6) is 0 Å². The van der Waals surface area contributed by atoms with Gasteiger partial charge in [0.2, 0.25) is 17.7 Å². The van der Waals surface area contributed by atoms with Crippen molar-refractivity contribution in [3.63, 3.8) is 0 Å². The predicted molar refractivity (Wildman–Crippen MR) is 168 cm³/mol. The number of methoxy groups -OCH3 is 2. The summed E-state index contributed by atoms with van der Waals surface area (Å²) < 4.78 is 20.4. The normalized spacial score (nSPS) is 14.4. The minimum atomic E-state index is -1.50. The van der Waals surface area contributed by atoms with E-state index < -0.39 is 84.8 Å². The highest BCUT2D eigenvalue weighted by atomic mass is 16.5. The van der Waals surface area contributed by atoms with Crippen LogP contribution in [0.3, 0.4) is 0 Å². The number of amides is 5. The molecular weight excluding hydrogens is 644 g/mol. The van der Waals surface area contributed by atoms with Crippen molar-refractivity contribution in [3.05, 3.63) is 71.3 Å². The summed E-state index contributed by atoms with van der Waals surface area (Å²) in [5.41, 5.74) is 0.886. The quantitative estimate of drug-likeness (QED) is 0.115. The molecule has 262 valence electrons. The Kier molecular flexibility index (Phi) is 13.9. The van der Waals surface area contributed by atoms with Crippen molar-refractivity contribution in [1.82, 2.24) is 20.9 Å². The summed E-state index contributed by atoms with van der Waals surface area (Å²) in [4.78, 5) is 102. The van der Waals surface area contributed by atoms with Crippen LogP contribution < -0.4 is 16.0 Å². The molecule has 1 aliphatic heterocycles. The monoisotopic (exact) mass is 682 g/mol. The van der Waals surface area contributed by atoms with Crippen LogP contribution in [0.1, 0.15) is 53.0 Å². The molecule has 0 aliphatic carbocycles. The smallest absolute Gasteiger partial charge is 0.331 e. The number of rotatable bonds is 17. The van der Waals surface area contributed by atoms with Gasteiger partial charge >= 0.3 is 17.9 Å². The summed E-state index contributed by atoms with van der Waals surface area (Å²) in [5, 5.41) is 7.30. The van der Waals surface area contributed by atoms with Crippen molar-refractivity contribution in [3.8, 4) is 0 Å². The van der Waals surface area contributed by atoms with Crippen LogP contribution in [0, 0.1) is 0 Å². The summed E-state index contributed by atoms with van der Waals surface area (Å²) in [6, 6.07) is 9.57. The van der Waals surface area contributed by atoms with Gasteiger partial charge in [-0.3, -0.25) is 28.9 Å². The van der Waals surface area contributed by atoms with Crippen molar-refractivity contribution >= 4 is 47.4 Å². The Balaban J connectivity index is 1.64. The molecule has 49 heavy (non-hydrogen) atoms. The van der Waals surface area contributed by atoms with Gasteiger partial charge < -0.3 is 34.9 Å². The summed E-state index contributed by atoms with van der Waals surface area (Å²) in [7, 11) is 2.14. The molecule has 0 bridgehead atoms. The van der Waals surface area contributed by atoms with E-state index in [1.54, 1.807) is 42.5 Å². The number of hydrogen-bond acceptors (Lipinski definition) is 12. The van der Waals surface area contributed by atoms with E-state index in [1.165, 1.54) is 26.0 Å². The SMILES string of the molecule is COC(=O)[C@H](COC[C@H](C(=O)OC)N1C(=O)c2ccccc2C1=O)NC(=O)CC[C@@H](NC(=O)[C@H](C)NC(C)=O)C(=O)OCc1ccccc1. The van der Waals surface area contributed by atoms with Crippen LogP contribution in [-0.2, 0) is 54.3 Å². The lowest BCUT2D eigenvalue weighted by Gasteiger charge is -2.25. The number of carbonyl (C=O) groups excluding carboxylic acids is 8. The van der Waals surface area contributed by atoms with Crippen molar-refractivity contribution in [2.45, 2.75) is 57.5 Å². The number of nitrogens with one attached hydrogen (secondary N) is 3. The van der Waals surface area contributed by atoms with Gasteiger partial charge in [-0.1, -0.05) is 42.5 Å². The molecule has 0 unspecified atom stereocenters. The van der Waals surface area contributed by atoms with Gasteiger partial charge in [-0.25, -0.2) is 14.4 Å². The fraction of sp³-hybridized carbons (Fsp3) is 0.394. The van der Waals surface area contributed by atoms with Crippen LogP contribution >= 0.6 is 0 Å². The fourth-order valence-corrected chi connectivity index (χ4v) is 4.77. The van der Waals surface area contributed by atoms with Gasteiger partial charge in [-0.2, -0.15) is 0 Å². The molecule has 1 heterocycles. The lowest BCUT2D eigenvalue weighted by molar-refractivity contribution is -0.151. The molecule has 0 saturated carbocycles. The Hall–Kier alpha value is -5.64. The van der Waals surface area contributed by atoms with E-state index in [0.29, 0.717) is 10.5 Å². The first-order valence-electron chi connectivity index (χ1n) is 15.2. The molecule has 5 amide bonds. The number of fused-ring (bicyclic) bond motifs is 1. The molecule has 0 aromatic heterocycles. The Morgan fingerprint density at radius 1 is 0.735 bits per heavy atom. The summed E-state index contributed by atoms with van der Waals surface area (Å²) in [6.45, 7) is 1.42. The van der Waals surface area contributed by atoms with Crippen molar-refractivity contribution in [2.24, 2.45) is 0 Å². The number of nitrogens with zero attached hydrogens (tertiary/aromatic N) is 1. The molecule has 16 heteroatoms. The first-order valence-corrected chi connectivity index (χ1v) is 15.2. The molecule has 1 aliphatic rings. The fourth-order valence-electron chi connectivity index (χ4n) is 4.77. The Morgan fingerprint density at radius 3 is 1.90 bits per heavy atom. The van der Waals surface area contributed by atoms with Gasteiger partial charge in [0.15, 0.2) is 12.1 Å². The third-order valence-corrected chi connectivity index (χ3v) is 7.29. The number of benzene rings is 2. The van der Waals surface area contributed by atoms with E-state index in [1.807, 2.05) is 0 Å². The van der Waals surface area contributed by atoms with E-state index in [9.17, 15) is 38.4 Å². The lowest BCUT2D eigenvalue weighted by atomic mass is 10.1. The Morgan fingerprint density at radius 2 is 1.33 bits per heavy atom. The zero-order chi connectivity index (χ0) is 36.1. The molecule has 3 N–H and O–H groups in total. The molecule has 2 aromatic carbocycles. The molecule has 16 nitrogen and oxygen atoms in total. The number of carbonyl (C=O) groups is 8. The predicted octanol–water partition coefficient (Wildman–Crippen LogP) is 0.0316. The maximum Gasteiger partial charge on any atom is 0.331 e. The van der Waals surface area contributed by atoms with Crippen molar-refractivity contribution in [1.29, 1.82) is 0 Å². The first kappa shape index (κ1) is 37.8. The maximum absolute atomic E-state index is 13.0. The maximum atomic E-state index is 13.0. The van der Waals surface area contributed by atoms with Gasteiger partial charge in [0.1, 0.15) is 18.7 Å². The van der Waals surface area contributed by atoms with Crippen LogP contribution in [0.2, 0.25) is 0 Å². The standard InChI is InChI=1S/C33H38N4O12/c1-19(34-20(2)38)28(40)36-24(32(44)49-16-21-10-6-5-7-11-21)14-15-27(39)35-25(31(43)46-3)17-48-18-26(33(45)47-4)37-29(41)22-12-8-9-13-23(22)30(37)42/h5-13,19,24-26H,14-18H2,1-4H3,(H,34,38)(H,35,39)(H,36,40)/t19-,24+,25-,26+/m0/s1. The second-order valence-corrected chi connectivity index (χ2v) is 10.9. The molecule has 0 radical (unpaired) electrons. The largest absolute Gasteiger partial charge is 0.467 e. The molecule has 3 rings (SSSR count). The van der Waals surface area contributed by atoms with Crippen LogP contribution in [-0.4, -0.2) is 104 Å². The summed E-state index contributed by atoms with van der Waals surface area (Å²) in [6.07, 6.45) is -0.635. The number of hydrogen-bond donors (Lipinski definition) is 3. The summed E-state index contributed by atoms with van der Waals surface area (Å²) >= 11 is 0. The van der Waals surface area contributed by atoms with Gasteiger partial charge in [0.05, 0.1) is 38.6 Å². The minimum absolute atomic E-state index is 0.101. The van der Waals surface area contributed by atoms with E-state index in [0.717, 1.165) is 14.2 Å². The number of esters is 3. The molecule has 0 saturated heterocycles. The second kappa shape index (κ2) is 18.1. The highest BCUT2D eigenvalue weighted by molar-refractivity contribution is 6.22. The van der Waals surface area contributed by atoms with Crippen LogP contribution in [0.25, 0.3) is 0 Å². The topological polar surface area (TPSA) is 213 Å². The minimum Gasteiger partial charge on any atom is -0.467 e. The van der Waals surface area contributed by atoms with Gasteiger partial charge in [0, 0.05) is 13.3 Å². The van der Waals surface area contributed by atoms with E-state index in [4.69, 9.17) is 18.9 Å². The average Bonchev–Trinajstić information content (AvgIpc) is 3.34. The summed E-state index contributed by atoms with van der Waals surface area (Å²) in [5.74, 6) is -6.07. The molecule has 2 aromatic rings. The van der Waals surface area contributed by atoms with Crippen LogP contribution in [0.15, 0.2) is 54.6 Å². The zero-order valence-corrected chi connectivity index (χ0v) is 27.4. The third kappa shape index (κ3) is 10.4. The highest BCUT2D eigenvalue weighted by Gasteiger charge is 2.43. The zero-order valence-electron chi connectivity index (χ0n) is 27.4. The molecular formula is C33H38N4O12. The van der Waals surface area contributed by atoms with Gasteiger partial charge in [-0.15, -0.1) is 0 Å². The van der Waals surface area contributed by atoms with E-state index >= 15 is 0 Å². The van der Waals surface area contributed by atoms with E-state index in [2.05, 4.69) is 16.0 Å². The molecule has 0 spiro atoms. The van der Waals surface area contributed by atoms with Crippen LogP contribution in [0.4, 0.5) is 0 Å². The molecule has 4 atom stereocenters. The molecule has 0 fully saturated rings. The van der Waals surface area contributed by atoms with Gasteiger partial charge in [0.25, 0.3) is 11.8 Å². The van der Waals surface area contributed by atoms with E-state index in [-0.39, 0.29) is 30.6 Å². The average molecular weight is 683 g/mol. The number of imide groups is 1. The first-order chi connectivity index (χ1) is 23.4. The second-order valence-electron chi connectivity index (χ2n) is 10.9. The Labute approximate surface area is 281 Å². The Bertz CT molecular complexity index is 1530. The van der Waals surface area contributed by atoms with Crippen molar-refractivity contribution < 1.29 is 57.3 Å². The highest BCUT2D eigenvalue weighted by Crippen LogP contribution is 2.25. The van der Waals surface area contributed by atoms with Gasteiger partial charge in [-0.05, 0) is 31.0 Å². The van der Waals surface area contributed by atoms with Crippen molar-refractivity contribution in [2.75, 3.05) is 27.4 Å². The number of ether oxygens (including phenoxy) is 4.